The quantitative estimate of drug-likeness (QED) is 0.876. The van der Waals surface area contributed by atoms with E-state index >= 15 is 0 Å². The van der Waals surface area contributed by atoms with Gasteiger partial charge in [0.2, 0.25) is 11.8 Å². The van der Waals surface area contributed by atoms with Crippen LogP contribution >= 0.6 is 0 Å². The molecule has 0 aliphatic carbocycles. The molecule has 0 saturated heterocycles. The van der Waals surface area contributed by atoms with Gasteiger partial charge in [-0.3, -0.25) is 14.5 Å². The Hall–Kier alpha value is -2.73. The molecule has 6 heteroatoms. The maximum absolute atomic E-state index is 12.6. The second kappa shape index (κ2) is 8.39. The summed E-state index contributed by atoms with van der Waals surface area (Å²) in [4.78, 5) is 32.2. The van der Waals surface area contributed by atoms with Crippen LogP contribution in [0.5, 0.6) is 0 Å². The average molecular weight is 340 g/mol. The van der Waals surface area contributed by atoms with E-state index in [0.717, 1.165) is 11.3 Å². The van der Waals surface area contributed by atoms with Crippen LogP contribution in [-0.2, 0) is 9.59 Å². The molecule has 1 aromatic heterocycles. The van der Waals surface area contributed by atoms with Gasteiger partial charge in [-0.05, 0) is 44.7 Å². The Morgan fingerprint density at radius 3 is 2.40 bits per heavy atom. The number of hydrogen-bond acceptors (Lipinski definition) is 4. The topological polar surface area (TPSA) is 65.5 Å². The molecule has 1 aromatic carbocycles. The summed E-state index contributed by atoms with van der Waals surface area (Å²) in [6, 6.07) is 12.6. The van der Waals surface area contributed by atoms with E-state index in [0.29, 0.717) is 5.82 Å². The van der Waals surface area contributed by atoms with Crippen LogP contribution in [-0.4, -0.2) is 48.4 Å². The van der Waals surface area contributed by atoms with Crippen LogP contribution in [0.3, 0.4) is 0 Å². The molecule has 132 valence electrons. The maximum atomic E-state index is 12.6. The van der Waals surface area contributed by atoms with Crippen LogP contribution < -0.4 is 10.2 Å². The number of likely N-dealkylation sites (N-methyl/N-ethyl adjacent to an activating group) is 2. The third-order valence-corrected chi connectivity index (χ3v) is 4.06. The number of pyridine rings is 1. The van der Waals surface area contributed by atoms with Crippen LogP contribution in [0.25, 0.3) is 0 Å². The zero-order valence-corrected chi connectivity index (χ0v) is 15.1. The van der Waals surface area contributed by atoms with Gasteiger partial charge < -0.3 is 10.2 Å². The first kappa shape index (κ1) is 18.6. The first-order chi connectivity index (χ1) is 11.9. The van der Waals surface area contributed by atoms with Crippen molar-refractivity contribution in [1.82, 2.24) is 9.88 Å². The van der Waals surface area contributed by atoms with E-state index in [1.165, 1.54) is 0 Å². The lowest BCUT2D eigenvalue weighted by molar-refractivity contribution is -0.124. The molecule has 0 aliphatic rings. The van der Waals surface area contributed by atoms with Crippen molar-refractivity contribution in [2.45, 2.75) is 19.9 Å². The fourth-order valence-electron chi connectivity index (χ4n) is 2.34. The van der Waals surface area contributed by atoms with Gasteiger partial charge in [0.1, 0.15) is 5.82 Å². The van der Waals surface area contributed by atoms with Gasteiger partial charge in [-0.2, -0.15) is 0 Å². The van der Waals surface area contributed by atoms with Crippen molar-refractivity contribution < 1.29 is 9.59 Å². The third kappa shape index (κ3) is 5.12. The second-order valence-corrected chi connectivity index (χ2v) is 6.09. The predicted molar refractivity (Wildman–Crippen MR) is 99.5 cm³/mol. The Morgan fingerprint density at radius 1 is 1.12 bits per heavy atom. The minimum atomic E-state index is -0.429. The highest BCUT2D eigenvalue weighted by Crippen LogP contribution is 2.13. The summed E-state index contributed by atoms with van der Waals surface area (Å²) >= 11 is 0. The number of anilines is 2. The number of carbonyl (C=O) groups is 2. The van der Waals surface area contributed by atoms with Gasteiger partial charge in [0.25, 0.3) is 0 Å². The summed E-state index contributed by atoms with van der Waals surface area (Å²) in [5.41, 5.74) is 1.85. The molecule has 6 nitrogen and oxygen atoms in total. The van der Waals surface area contributed by atoms with Gasteiger partial charge in [-0.1, -0.05) is 24.3 Å². The number of para-hydroxylation sites is 1. The first-order valence-corrected chi connectivity index (χ1v) is 8.14. The lowest BCUT2D eigenvalue weighted by Gasteiger charge is -2.27. The van der Waals surface area contributed by atoms with Crippen molar-refractivity contribution in [2.75, 3.05) is 30.9 Å². The molecular weight excluding hydrogens is 316 g/mol. The molecule has 0 bridgehead atoms. The summed E-state index contributed by atoms with van der Waals surface area (Å²) < 4.78 is 0. The van der Waals surface area contributed by atoms with E-state index in [9.17, 15) is 9.59 Å². The SMILES string of the molecule is Cc1ccc(NC(=O)CN(C)[C@H](C)C(=O)N(C)c2ccccc2)nc1. The Labute approximate surface area is 148 Å². The Bertz CT molecular complexity index is 716. The zero-order chi connectivity index (χ0) is 18.4. The predicted octanol–water partition coefficient (Wildman–Crippen LogP) is 2.31. The summed E-state index contributed by atoms with van der Waals surface area (Å²) in [5.74, 6) is 0.222. The standard InChI is InChI=1S/C19H24N4O2/c1-14-10-11-17(20-12-14)21-18(24)13-22(3)15(2)19(25)23(4)16-8-6-5-7-9-16/h5-12,15H,13H2,1-4H3,(H,20,21,24)/t15-/m1/s1. The van der Waals surface area contributed by atoms with Gasteiger partial charge in [0.05, 0.1) is 12.6 Å². The Balaban J connectivity index is 1.92. The lowest BCUT2D eigenvalue weighted by Crippen LogP contribution is -2.46. The minimum absolute atomic E-state index is 0.0741. The molecule has 0 unspecified atom stereocenters. The highest BCUT2D eigenvalue weighted by atomic mass is 16.2. The normalized spacial score (nSPS) is 11.9. The fraction of sp³-hybridized carbons (Fsp3) is 0.316. The van der Waals surface area contributed by atoms with Crippen LogP contribution in [0.1, 0.15) is 12.5 Å². The number of carbonyl (C=O) groups excluding carboxylic acids is 2. The monoisotopic (exact) mass is 340 g/mol. The number of benzene rings is 1. The van der Waals surface area contributed by atoms with E-state index in [1.54, 1.807) is 43.1 Å². The molecule has 0 spiro atoms. The van der Waals surface area contributed by atoms with Gasteiger partial charge in [0.15, 0.2) is 0 Å². The van der Waals surface area contributed by atoms with Crippen molar-refractivity contribution in [1.29, 1.82) is 0 Å². The van der Waals surface area contributed by atoms with E-state index in [2.05, 4.69) is 10.3 Å². The number of amides is 2. The Kier molecular flexibility index (Phi) is 6.25. The molecular formula is C19H24N4O2. The molecule has 2 aromatic rings. The molecule has 0 saturated carbocycles. The van der Waals surface area contributed by atoms with Crippen LogP contribution in [0.4, 0.5) is 11.5 Å². The first-order valence-electron chi connectivity index (χ1n) is 8.14. The molecule has 2 rings (SSSR count). The van der Waals surface area contributed by atoms with Crippen LogP contribution in [0.2, 0.25) is 0 Å². The van der Waals surface area contributed by atoms with Crippen molar-refractivity contribution in [3.05, 3.63) is 54.2 Å². The molecule has 1 N–H and O–H groups in total. The molecule has 1 heterocycles. The highest BCUT2D eigenvalue weighted by Gasteiger charge is 2.24. The number of rotatable bonds is 6. The lowest BCUT2D eigenvalue weighted by atomic mass is 10.2. The van der Waals surface area contributed by atoms with Crippen LogP contribution in [0, 0.1) is 6.92 Å². The van der Waals surface area contributed by atoms with E-state index in [1.807, 2.05) is 43.3 Å². The molecule has 1 atom stereocenters. The number of nitrogens with one attached hydrogen (secondary N) is 1. The Morgan fingerprint density at radius 2 is 1.80 bits per heavy atom. The van der Waals surface area contributed by atoms with Crippen molar-refractivity contribution in [3.63, 3.8) is 0 Å². The van der Waals surface area contributed by atoms with Crippen molar-refractivity contribution >= 4 is 23.3 Å². The van der Waals surface area contributed by atoms with Crippen molar-refractivity contribution in [3.8, 4) is 0 Å². The number of nitrogens with zero attached hydrogens (tertiary/aromatic N) is 3. The summed E-state index contributed by atoms with van der Waals surface area (Å²) in [7, 11) is 3.49. The number of aromatic nitrogens is 1. The van der Waals surface area contributed by atoms with Gasteiger partial charge >= 0.3 is 0 Å². The smallest absolute Gasteiger partial charge is 0.243 e. The van der Waals surface area contributed by atoms with Gasteiger partial charge in [-0.15, -0.1) is 0 Å². The number of hydrogen-bond donors (Lipinski definition) is 1. The molecule has 25 heavy (non-hydrogen) atoms. The van der Waals surface area contributed by atoms with E-state index in [-0.39, 0.29) is 18.4 Å². The zero-order valence-electron chi connectivity index (χ0n) is 15.1. The molecule has 0 radical (unpaired) electrons. The number of aryl methyl sites for hydroxylation is 1. The van der Waals surface area contributed by atoms with Gasteiger partial charge in [0, 0.05) is 18.9 Å². The second-order valence-electron chi connectivity index (χ2n) is 6.09. The average Bonchev–Trinajstić information content (AvgIpc) is 2.62. The largest absolute Gasteiger partial charge is 0.314 e. The molecule has 0 fully saturated rings. The summed E-state index contributed by atoms with van der Waals surface area (Å²) in [6.07, 6.45) is 1.69. The maximum Gasteiger partial charge on any atom is 0.243 e. The molecule has 2 amide bonds. The highest BCUT2D eigenvalue weighted by molar-refractivity contribution is 5.97. The summed E-state index contributed by atoms with van der Waals surface area (Å²) in [6.45, 7) is 3.83. The van der Waals surface area contributed by atoms with Crippen molar-refractivity contribution in [2.24, 2.45) is 0 Å². The minimum Gasteiger partial charge on any atom is -0.314 e. The third-order valence-electron chi connectivity index (χ3n) is 4.06. The van der Waals surface area contributed by atoms with E-state index < -0.39 is 6.04 Å². The fourth-order valence-corrected chi connectivity index (χ4v) is 2.34. The van der Waals surface area contributed by atoms with Crippen LogP contribution in [0.15, 0.2) is 48.7 Å². The summed E-state index contributed by atoms with van der Waals surface area (Å²) in [5, 5.41) is 2.74. The molecule has 0 aliphatic heterocycles. The van der Waals surface area contributed by atoms with Gasteiger partial charge in [-0.25, -0.2) is 4.98 Å². The van der Waals surface area contributed by atoms with E-state index in [4.69, 9.17) is 0 Å².